The van der Waals surface area contributed by atoms with E-state index < -0.39 is 39.5 Å². The highest BCUT2D eigenvalue weighted by atomic mass is 35.5. The lowest BCUT2D eigenvalue weighted by molar-refractivity contribution is -0.134. The number of hydrogen-bond acceptors (Lipinski definition) is 16. The lowest BCUT2D eigenvalue weighted by atomic mass is 10.2. The van der Waals surface area contributed by atoms with Crippen molar-refractivity contribution in [1.29, 1.82) is 0 Å². The van der Waals surface area contributed by atoms with Crippen LogP contribution in [0, 0.1) is 39.7 Å². The van der Waals surface area contributed by atoms with Gasteiger partial charge in [0.15, 0.2) is 5.13 Å². The molecule has 4 heterocycles. The summed E-state index contributed by atoms with van der Waals surface area (Å²) in [5, 5.41) is 33.1. The number of hydroxylamine groups is 4. The van der Waals surface area contributed by atoms with E-state index >= 15 is 0 Å². The molecule has 0 aliphatic heterocycles. The van der Waals surface area contributed by atoms with Gasteiger partial charge in [0.05, 0.1) is 75.1 Å². The van der Waals surface area contributed by atoms with E-state index in [1.807, 2.05) is 37.8 Å². The standard InChI is InChI=1S/C9H10F3NO3S.C9H13NO3S.C8H10ClNO3S.C8H10FNO3S/c1-5-4-6(7(17-5)9(10,11)12)8(15)13-16-3-2-14;1-6-5-8(7(2)14-6)9(12)10-13-4-3-11;2*1-5-4-6(7(9)14-5)8(12)10-13-3-2-11/h4,14H,2-3H2,1H3,(H,13,15);5,11H,3-4H2,1-2H3,(H,10,12);2*4,11H,2-3H2,1H3,(H,10,12). The van der Waals surface area contributed by atoms with Crippen LogP contribution in [0.5, 0.6) is 0 Å². The Morgan fingerprint density at radius 3 is 1.25 bits per heavy atom. The second-order valence-corrected chi connectivity index (χ2v) is 16.8. The molecule has 8 N–H and O–H groups in total. The van der Waals surface area contributed by atoms with Crippen LogP contribution in [0.2, 0.25) is 4.34 Å². The van der Waals surface area contributed by atoms with E-state index in [-0.39, 0.29) is 64.3 Å². The molecule has 0 atom stereocenters. The third-order valence-electron chi connectivity index (χ3n) is 6.18. The van der Waals surface area contributed by atoms with Crippen LogP contribution in [0.25, 0.3) is 0 Å². The Balaban J connectivity index is 0.000000395. The summed E-state index contributed by atoms with van der Waals surface area (Å²) in [7, 11) is 0. The largest absolute Gasteiger partial charge is 0.426 e. The number of hydrogen-bond donors (Lipinski definition) is 8. The van der Waals surface area contributed by atoms with Crippen molar-refractivity contribution in [3.8, 4) is 0 Å². The van der Waals surface area contributed by atoms with E-state index in [1.165, 1.54) is 24.3 Å². The summed E-state index contributed by atoms with van der Waals surface area (Å²) in [6.45, 7) is 8.06. The number of rotatable bonds is 16. The lowest BCUT2D eigenvalue weighted by Crippen LogP contribution is -2.26. The van der Waals surface area contributed by atoms with Gasteiger partial charge in [0.25, 0.3) is 23.6 Å². The Kier molecular flexibility index (Phi) is 25.3. The highest BCUT2D eigenvalue weighted by Crippen LogP contribution is 2.37. The zero-order chi connectivity index (χ0) is 44.7. The molecule has 25 heteroatoms. The maximum absolute atomic E-state index is 13.0. The van der Waals surface area contributed by atoms with Gasteiger partial charge in [-0.05, 0) is 58.9 Å². The highest BCUT2D eigenvalue weighted by molar-refractivity contribution is 7.16. The SMILES string of the molecule is Cc1cc(C(=O)NOCCO)c(C(F)(F)F)s1.Cc1cc(C(=O)NOCCO)c(C)s1.Cc1cc(C(=O)NOCCO)c(Cl)s1.Cc1cc(C(=O)NOCCO)c(F)s1. The summed E-state index contributed by atoms with van der Waals surface area (Å²) in [4.78, 5) is 66.9. The van der Waals surface area contributed by atoms with Crippen LogP contribution in [0.1, 0.15) is 70.7 Å². The second-order valence-electron chi connectivity index (χ2n) is 11.0. The molecule has 0 unspecified atom stereocenters. The number of aliphatic hydroxyl groups is 4. The first-order chi connectivity index (χ1) is 27.8. The maximum atomic E-state index is 13.0. The molecular weight excluding hydrogens is 896 g/mol. The van der Waals surface area contributed by atoms with E-state index in [1.54, 1.807) is 24.3 Å². The van der Waals surface area contributed by atoms with Gasteiger partial charge in [-0.25, -0.2) is 21.9 Å². The second kappa shape index (κ2) is 28.0. The van der Waals surface area contributed by atoms with Gasteiger partial charge in [-0.15, -0.1) is 45.3 Å². The Morgan fingerprint density at radius 1 is 0.559 bits per heavy atom. The van der Waals surface area contributed by atoms with Gasteiger partial charge in [0.1, 0.15) is 9.21 Å². The molecule has 0 aromatic carbocycles. The number of carbonyl (C=O) groups excluding carboxylic acids is 4. The molecule has 0 saturated carbocycles. The predicted molar refractivity (Wildman–Crippen MR) is 213 cm³/mol. The molecule has 0 aliphatic rings. The van der Waals surface area contributed by atoms with Crippen molar-refractivity contribution in [3.05, 3.63) is 85.2 Å². The average Bonchev–Trinajstić information content (AvgIpc) is 3.93. The number of alkyl halides is 3. The van der Waals surface area contributed by atoms with Crippen molar-refractivity contribution < 1.29 is 76.5 Å². The van der Waals surface area contributed by atoms with Crippen molar-refractivity contribution in [2.45, 2.75) is 40.8 Å². The van der Waals surface area contributed by atoms with Crippen molar-refractivity contribution >= 4 is 80.6 Å². The third-order valence-corrected chi connectivity index (χ3v) is 10.4. The molecule has 0 saturated heterocycles. The van der Waals surface area contributed by atoms with Crippen molar-refractivity contribution in [3.63, 3.8) is 0 Å². The number of nitrogens with one attached hydrogen (secondary N) is 4. The number of aliphatic hydroxyl groups excluding tert-OH is 4. The summed E-state index contributed by atoms with van der Waals surface area (Å²) < 4.78 is 51.1. The highest BCUT2D eigenvalue weighted by Gasteiger charge is 2.37. The Labute approximate surface area is 356 Å². The Hall–Kier alpha value is -3.63. The van der Waals surface area contributed by atoms with Gasteiger partial charge in [-0.1, -0.05) is 11.6 Å². The fourth-order valence-electron chi connectivity index (χ4n) is 3.90. The van der Waals surface area contributed by atoms with Crippen LogP contribution < -0.4 is 21.9 Å². The van der Waals surface area contributed by atoms with Crippen molar-refractivity contribution in [1.82, 2.24) is 21.9 Å². The van der Waals surface area contributed by atoms with Gasteiger partial charge < -0.3 is 20.4 Å². The molecule has 0 spiro atoms. The summed E-state index contributed by atoms with van der Waals surface area (Å²) >= 11 is 10.1. The summed E-state index contributed by atoms with van der Waals surface area (Å²) in [6.07, 6.45) is -4.57. The molecule has 4 rings (SSSR count). The molecule has 0 aliphatic carbocycles. The van der Waals surface area contributed by atoms with E-state index in [0.29, 0.717) is 31.7 Å². The van der Waals surface area contributed by atoms with Crippen LogP contribution in [-0.4, -0.2) is 96.9 Å². The molecule has 0 bridgehead atoms. The Morgan fingerprint density at radius 2 is 0.898 bits per heavy atom. The minimum absolute atomic E-state index is 0.0174. The first-order valence-corrected chi connectivity index (χ1v) is 20.3. The monoisotopic (exact) mass is 938 g/mol. The minimum Gasteiger partial charge on any atom is -0.394 e. The molecule has 0 fully saturated rings. The van der Waals surface area contributed by atoms with Crippen molar-refractivity contribution in [2.75, 3.05) is 52.9 Å². The number of thiophene rings is 4. The topological polar surface area (TPSA) is 234 Å². The van der Waals surface area contributed by atoms with Gasteiger partial charge in [0, 0.05) is 24.4 Å². The zero-order valence-electron chi connectivity index (χ0n) is 32.0. The molecule has 16 nitrogen and oxygen atoms in total. The smallest absolute Gasteiger partial charge is 0.394 e. The number of halogens is 5. The fourth-order valence-corrected chi connectivity index (χ4v) is 7.64. The van der Waals surface area contributed by atoms with E-state index in [4.69, 9.17) is 36.9 Å². The van der Waals surface area contributed by atoms with Crippen molar-refractivity contribution in [2.24, 2.45) is 0 Å². The van der Waals surface area contributed by atoms with Crippen LogP contribution in [0.4, 0.5) is 17.6 Å². The van der Waals surface area contributed by atoms with Gasteiger partial charge in [-0.3, -0.25) is 38.5 Å². The fraction of sp³-hybridized carbons (Fsp3) is 0.412. The lowest BCUT2D eigenvalue weighted by Gasteiger charge is -2.07. The summed E-state index contributed by atoms with van der Waals surface area (Å²) in [5.74, 6) is -2.27. The first-order valence-electron chi connectivity index (χ1n) is 16.7. The molecule has 59 heavy (non-hydrogen) atoms. The molecule has 4 amide bonds. The molecular formula is C34H43ClF4N4O12S4. The van der Waals surface area contributed by atoms with Gasteiger partial charge in [-0.2, -0.15) is 17.6 Å². The van der Waals surface area contributed by atoms with E-state index in [9.17, 15) is 36.7 Å². The van der Waals surface area contributed by atoms with E-state index in [0.717, 1.165) is 36.9 Å². The quantitative estimate of drug-likeness (QED) is 0.0423. The summed E-state index contributed by atoms with van der Waals surface area (Å²) in [5.41, 5.74) is 8.81. The number of aryl methyl sites for hydroxylation is 5. The van der Waals surface area contributed by atoms with Crippen LogP contribution >= 0.6 is 56.9 Å². The molecule has 330 valence electrons. The van der Waals surface area contributed by atoms with E-state index in [2.05, 4.69) is 25.5 Å². The first kappa shape index (κ1) is 53.4. The molecule has 4 aromatic heterocycles. The predicted octanol–water partition coefficient (Wildman–Crippen LogP) is 4.96. The van der Waals surface area contributed by atoms with Crippen LogP contribution in [0.3, 0.4) is 0 Å². The summed E-state index contributed by atoms with van der Waals surface area (Å²) in [6, 6.07) is 6.09. The zero-order valence-corrected chi connectivity index (χ0v) is 36.1. The maximum Gasteiger partial charge on any atom is 0.426 e. The molecule has 4 aromatic rings. The van der Waals surface area contributed by atoms with Crippen LogP contribution in [-0.2, 0) is 25.5 Å². The van der Waals surface area contributed by atoms with Gasteiger partial charge in [0.2, 0.25) is 0 Å². The minimum atomic E-state index is -4.57. The number of carbonyl (C=O) groups is 4. The Bertz CT molecular complexity index is 1770. The van der Waals surface area contributed by atoms with Gasteiger partial charge >= 0.3 is 6.18 Å². The van der Waals surface area contributed by atoms with Crippen LogP contribution in [0.15, 0.2) is 24.3 Å². The third kappa shape index (κ3) is 20.0. The number of amides is 4. The normalized spacial score (nSPS) is 10.6. The average molecular weight is 939 g/mol. The molecule has 0 radical (unpaired) electrons.